The highest BCUT2D eigenvalue weighted by molar-refractivity contribution is 7.15. The minimum Gasteiger partial charge on any atom is -0.493 e. The summed E-state index contributed by atoms with van der Waals surface area (Å²) < 4.78 is 5.82. The Bertz CT molecular complexity index is 1140. The largest absolute Gasteiger partial charge is 0.493 e. The predicted octanol–water partition coefficient (Wildman–Crippen LogP) is 3.01. The highest BCUT2D eigenvalue weighted by atomic mass is 32.1. The van der Waals surface area contributed by atoms with Crippen molar-refractivity contribution in [3.63, 3.8) is 0 Å². The standard InChI is InChI=1S/C22H20N4O4S/c1-13-7-8-14(2)17(11-13)30-10-9-19-24-25-22(31-19)23-18(27)12-26-20(28)15-5-3-4-6-16(15)21(26)29/h3-8,11H,9-10,12H2,1-2H3,(H,23,25,27). The molecular weight excluding hydrogens is 416 g/mol. The molecule has 0 spiro atoms. The van der Waals surface area contributed by atoms with Crippen LogP contribution in [-0.4, -0.2) is 46.0 Å². The summed E-state index contributed by atoms with van der Waals surface area (Å²) in [5, 5.41) is 11.6. The topological polar surface area (TPSA) is 101 Å². The first-order valence-corrected chi connectivity index (χ1v) is 10.5. The first-order chi connectivity index (χ1) is 14.9. The fourth-order valence-electron chi connectivity index (χ4n) is 3.20. The van der Waals surface area contributed by atoms with Crippen molar-refractivity contribution in [1.29, 1.82) is 0 Å². The Balaban J connectivity index is 1.30. The molecule has 0 fully saturated rings. The number of anilines is 1. The molecule has 3 aromatic rings. The van der Waals surface area contributed by atoms with Crippen LogP contribution < -0.4 is 10.1 Å². The smallest absolute Gasteiger partial charge is 0.262 e. The van der Waals surface area contributed by atoms with E-state index in [9.17, 15) is 14.4 Å². The molecule has 1 aliphatic heterocycles. The summed E-state index contributed by atoms with van der Waals surface area (Å²) in [6, 6.07) is 12.5. The lowest BCUT2D eigenvalue weighted by molar-refractivity contribution is -0.116. The number of amides is 3. The van der Waals surface area contributed by atoms with Gasteiger partial charge in [0.2, 0.25) is 11.0 Å². The molecule has 158 valence electrons. The summed E-state index contributed by atoms with van der Waals surface area (Å²) in [4.78, 5) is 38.0. The minimum absolute atomic E-state index is 0.308. The van der Waals surface area contributed by atoms with Gasteiger partial charge in [0.25, 0.3) is 11.8 Å². The lowest BCUT2D eigenvalue weighted by atomic mass is 10.1. The molecule has 4 rings (SSSR count). The molecule has 0 atom stereocenters. The van der Waals surface area contributed by atoms with Crippen LogP contribution in [0.25, 0.3) is 0 Å². The van der Waals surface area contributed by atoms with Crippen molar-refractivity contribution in [2.24, 2.45) is 0 Å². The predicted molar refractivity (Wildman–Crippen MR) is 115 cm³/mol. The third-order valence-corrected chi connectivity index (χ3v) is 5.71. The van der Waals surface area contributed by atoms with E-state index in [1.54, 1.807) is 24.3 Å². The molecule has 2 heterocycles. The van der Waals surface area contributed by atoms with Gasteiger partial charge in [-0.15, -0.1) is 10.2 Å². The molecule has 0 aliphatic carbocycles. The Kier molecular flexibility index (Phi) is 5.77. The zero-order chi connectivity index (χ0) is 22.0. The van der Waals surface area contributed by atoms with Crippen molar-refractivity contribution in [1.82, 2.24) is 15.1 Å². The van der Waals surface area contributed by atoms with Crippen LogP contribution in [0.1, 0.15) is 36.9 Å². The van der Waals surface area contributed by atoms with Crippen LogP contribution in [-0.2, 0) is 11.2 Å². The molecule has 3 amide bonds. The van der Waals surface area contributed by atoms with Gasteiger partial charge < -0.3 is 4.74 Å². The highest BCUT2D eigenvalue weighted by Crippen LogP contribution is 2.23. The molecule has 9 heteroatoms. The van der Waals surface area contributed by atoms with Crippen LogP contribution >= 0.6 is 11.3 Å². The third kappa shape index (κ3) is 4.46. The number of aryl methyl sites for hydroxylation is 2. The van der Waals surface area contributed by atoms with Crippen LogP contribution in [0.3, 0.4) is 0 Å². The van der Waals surface area contributed by atoms with Gasteiger partial charge >= 0.3 is 0 Å². The fraction of sp³-hybridized carbons (Fsp3) is 0.227. The molecule has 0 saturated heterocycles. The van der Waals surface area contributed by atoms with Crippen LogP contribution in [0.2, 0.25) is 0 Å². The third-order valence-electron chi connectivity index (χ3n) is 4.81. The molecule has 0 radical (unpaired) electrons. The maximum Gasteiger partial charge on any atom is 0.262 e. The number of carbonyl (C=O) groups is 3. The number of aromatic nitrogens is 2. The van der Waals surface area contributed by atoms with E-state index >= 15 is 0 Å². The maximum absolute atomic E-state index is 12.4. The molecule has 0 unspecified atom stereocenters. The van der Waals surface area contributed by atoms with Gasteiger partial charge in [0.05, 0.1) is 17.7 Å². The normalized spacial score (nSPS) is 12.8. The number of hydrogen-bond donors (Lipinski definition) is 1. The van der Waals surface area contributed by atoms with Crippen LogP contribution in [0.15, 0.2) is 42.5 Å². The number of benzene rings is 2. The van der Waals surface area contributed by atoms with Crippen LogP contribution in [0.5, 0.6) is 5.75 Å². The van der Waals surface area contributed by atoms with Gasteiger partial charge in [-0.1, -0.05) is 35.6 Å². The number of carbonyl (C=O) groups excluding carboxylic acids is 3. The summed E-state index contributed by atoms with van der Waals surface area (Å²) in [5.74, 6) is -0.627. The van der Waals surface area contributed by atoms with Crippen molar-refractivity contribution in [3.8, 4) is 5.75 Å². The van der Waals surface area contributed by atoms with Crippen LogP contribution in [0.4, 0.5) is 5.13 Å². The monoisotopic (exact) mass is 436 g/mol. The zero-order valence-corrected chi connectivity index (χ0v) is 17.9. The Labute approximate surface area is 182 Å². The van der Waals surface area contributed by atoms with E-state index in [1.165, 1.54) is 11.3 Å². The van der Waals surface area contributed by atoms with E-state index in [0.717, 1.165) is 21.8 Å². The van der Waals surface area contributed by atoms with E-state index in [4.69, 9.17) is 4.74 Å². The van der Waals surface area contributed by atoms with Gasteiger partial charge in [-0.3, -0.25) is 24.6 Å². The minimum atomic E-state index is -0.510. The lowest BCUT2D eigenvalue weighted by Crippen LogP contribution is -2.37. The SMILES string of the molecule is Cc1ccc(C)c(OCCc2nnc(NC(=O)CN3C(=O)c4ccccc4C3=O)s2)c1. The van der Waals surface area contributed by atoms with Crippen LogP contribution in [0, 0.1) is 13.8 Å². The average Bonchev–Trinajstić information content (AvgIpc) is 3.29. The Morgan fingerprint density at radius 2 is 1.77 bits per heavy atom. The van der Waals surface area contributed by atoms with Gasteiger partial charge in [-0.05, 0) is 43.2 Å². The molecule has 0 saturated carbocycles. The Hall–Kier alpha value is -3.59. The highest BCUT2D eigenvalue weighted by Gasteiger charge is 2.36. The summed E-state index contributed by atoms with van der Waals surface area (Å²) in [6.45, 7) is 4.05. The molecular formula is C22H20N4O4S. The quantitative estimate of drug-likeness (QED) is 0.572. The van der Waals surface area contributed by atoms with Gasteiger partial charge in [0, 0.05) is 6.42 Å². The molecule has 8 nitrogen and oxygen atoms in total. The molecule has 1 N–H and O–H groups in total. The summed E-state index contributed by atoms with van der Waals surface area (Å²) in [7, 11) is 0. The van der Waals surface area contributed by atoms with Gasteiger partial charge in [-0.2, -0.15) is 0 Å². The number of hydrogen-bond acceptors (Lipinski definition) is 7. The molecule has 1 aliphatic rings. The Morgan fingerprint density at radius 3 is 2.48 bits per heavy atom. The fourth-order valence-corrected chi connectivity index (χ4v) is 3.94. The van der Waals surface area contributed by atoms with E-state index < -0.39 is 17.7 Å². The number of ether oxygens (including phenoxy) is 1. The van der Waals surface area contributed by atoms with Gasteiger partial charge in [-0.25, -0.2) is 0 Å². The summed E-state index contributed by atoms with van der Waals surface area (Å²) >= 11 is 1.23. The number of nitrogens with one attached hydrogen (secondary N) is 1. The number of nitrogens with zero attached hydrogens (tertiary/aromatic N) is 3. The van der Waals surface area contributed by atoms with E-state index in [0.29, 0.717) is 34.3 Å². The second kappa shape index (κ2) is 8.65. The molecule has 0 bridgehead atoms. The van der Waals surface area contributed by atoms with Crippen molar-refractivity contribution in [2.45, 2.75) is 20.3 Å². The second-order valence-electron chi connectivity index (χ2n) is 7.16. The zero-order valence-electron chi connectivity index (χ0n) is 17.0. The van der Waals surface area contributed by atoms with Crippen molar-refractivity contribution in [3.05, 3.63) is 69.7 Å². The van der Waals surface area contributed by atoms with Gasteiger partial charge in [0.1, 0.15) is 17.3 Å². The maximum atomic E-state index is 12.4. The van der Waals surface area contributed by atoms with Crippen molar-refractivity contribution >= 4 is 34.2 Å². The lowest BCUT2D eigenvalue weighted by Gasteiger charge is -2.12. The first kappa shape index (κ1) is 20.7. The van der Waals surface area contributed by atoms with Crippen molar-refractivity contribution in [2.75, 3.05) is 18.5 Å². The number of fused-ring (bicyclic) bond motifs is 1. The molecule has 2 aromatic carbocycles. The average molecular weight is 436 g/mol. The summed E-state index contributed by atoms with van der Waals surface area (Å²) in [6.07, 6.45) is 0.541. The number of imide groups is 1. The molecule has 1 aromatic heterocycles. The van der Waals surface area contributed by atoms with Crippen molar-refractivity contribution < 1.29 is 19.1 Å². The molecule has 31 heavy (non-hydrogen) atoms. The number of rotatable bonds is 7. The van der Waals surface area contributed by atoms with E-state index in [2.05, 4.69) is 15.5 Å². The Morgan fingerprint density at radius 1 is 1.06 bits per heavy atom. The van der Waals surface area contributed by atoms with E-state index in [1.807, 2.05) is 32.0 Å². The second-order valence-corrected chi connectivity index (χ2v) is 8.22. The summed E-state index contributed by atoms with van der Waals surface area (Å²) in [5.41, 5.74) is 2.80. The van der Waals surface area contributed by atoms with Gasteiger partial charge in [0.15, 0.2) is 0 Å². The van der Waals surface area contributed by atoms with E-state index in [-0.39, 0.29) is 6.54 Å². The first-order valence-electron chi connectivity index (χ1n) is 9.70.